The lowest BCUT2D eigenvalue weighted by molar-refractivity contribution is -0.0116. The number of halogens is 2. The summed E-state index contributed by atoms with van der Waals surface area (Å²) in [5, 5.41) is 0. The van der Waals surface area contributed by atoms with Gasteiger partial charge in [0.05, 0.1) is 12.7 Å². The lowest BCUT2D eigenvalue weighted by Crippen LogP contribution is -2.29. The highest BCUT2D eigenvalue weighted by atomic mass is 19.3. The maximum atomic E-state index is 11.9. The molecule has 0 amide bonds. The normalized spacial score (nSPS) is 18.8. The minimum atomic E-state index is -2.42. The Labute approximate surface area is 83.8 Å². The second kappa shape index (κ2) is 7.64. The molecular formula is C10H17F2NO. The van der Waals surface area contributed by atoms with Crippen LogP contribution in [0.15, 0.2) is 25.3 Å². The van der Waals surface area contributed by atoms with Crippen molar-refractivity contribution in [3.05, 3.63) is 25.3 Å². The van der Waals surface area contributed by atoms with Gasteiger partial charge in [0.15, 0.2) is 0 Å². The summed E-state index contributed by atoms with van der Waals surface area (Å²) in [4.78, 5) is 0.958. The molecule has 14 heavy (non-hydrogen) atoms. The zero-order valence-corrected chi connectivity index (χ0v) is 8.46. The third-order valence-corrected chi connectivity index (χ3v) is 1.50. The quantitative estimate of drug-likeness (QED) is 0.389. The number of hydrogen-bond donors (Lipinski definition) is 0. The molecule has 1 aliphatic heterocycles. The van der Waals surface area contributed by atoms with Gasteiger partial charge in [0.2, 0.25) is 0 Å². The van der Waals surface area contributed by atoms with E-state index in [-0.39, 0.29) is 13.1 Å². The molecule has 0 saturated carbocycles. The second-order valence-corrected chi connectivity index (χ2v) is 2.95. The van der Waals surface area contributed by atoms with E-state index in [2.05, 4.69) is 20.1 Å². The van der Waals surface area contributed by atoms with Crippen molar-refractivity contribution in [3.63, 3.8) is 0 Å². The van der Waals surface area contributed by atoms with E-state index in [1.807, 2.05) is 0 Å². The Morgan fingerprint density at radius 2 is 1.79 bits per heavy atom. The SMILES string of the molecule is C=CCN(CC=C)C(F)F.CC1CO1. The molecule has 1 aliphatic rings. The Morgan fingerprint density at radius 1 is 1.43 bits per heavy atom. The fraction of sp³-hybridized carbons (Fsp3) is 0.600. The zero-order valence-electron chi connectivity index (χ0n) is 8.46. The van der Waals surface area contributed by atoms with Crippen LogP contribution in [0.5, 0.6) is 0 Å². The van der Waals surface area contributed by atoms with Crippen molar-refractivity contribution in [2.45, 2.75) is 19.6 Å². The molecule has 1 saturated heterocycles. The van der Waals surface area contributed by atoms with Gasteiger partial charge in [0.25, 0.3) is 6.55 Å². The maximum absolute atomic E-state index is 11.9. The minimum Gasteiger partial charge on any atom is -0.373 e. The predicted octanol–water partition coefficient (Wildman–Crippen LogP) is 2.29. The van der Waals surface area contributed by atoms with Gasteiger partial charge in [-0.3, -0.25) is 0 Å². The highest BCUT2D eigenvalue weighted by Crippen LogP contribution is 2.04. The van der Waals surface area contributed by atoms with E-state index >= 15 is 0 Å². The van der Waals surface area contributed by atoms with Crippen LogP contribution in [0.2, 0.25) is 0 Å². The molecule has 1 atom stereocenters. The van der Waals surface area contributed by atoms with Gasteiger partial charge in [-0.25, -0.2) is 4.90 Å². The third-order valence-electron chi connectivity index (χ3n) is 1.50. The van der Waals surface area contributed by atoms with E-state index in [1.54, 1.807) is 0 Å². The highest BCUT2D eigenvalue weighted by molar-refractivity contribution is 4.78. The summed E-state index contributed by atoms with van der Waals surface area (Å²) in [6, 6.07) is 0. The number of ether oxygens (including phenoxy) is 1. The van der Waals surface area contributed by atoms with Crippen LogP contribution in [0.4, 0.5) is 8.78 Å². The second-order valence-electron chi connectivity index (χ2n) is 2.95. The molecule has 1 heterocycles. The van der Waals surface area contributed by atoms with Gasteiger partial charge < -0.3 is 4.74 Å². The summed E-state index contributed by atoms with van der Waals surface area (Å²) in [5.74, 6) is 0. The summed E-state index contributed by atoms with van der Waals surface area (Å²) in [5.41, 5.74) is 0. The molecule has 0 aromatic heterocycles. The summed E-state index contributed by atoms with van der Waals surface area (Å²) in [6.07, 6.45) is 3.46. The molecule has 0 aromatic carbocycles. The fourth-order valence-corrected chi connectivity index (χ4v) is 0.662. The van der Waals surface area contributed by atoms with E-state index in [0.717, 1.165) is 11.5 Å². The molecule has 4 heteroatoms. The average Bonchev–Trinajstić information content (AvgIpc) is 2.88. The molecule has 0 aromatic rings. The largest absolute Gasteiger partial charge is 0.373 e. The fourth-order valence-electron chi connectivity index (χ4n) is 0.662. The predicted molar refractivity (Wildman–Crippen MR) is 53.4 cm³/mol. The van der Waals surface area contributed by atoms with Gasteiger partial charge in [0, 0.05) is 13.1 Å². The van der Waals surface area contributed by atoms with Gasteiger partial charge >= 0.3 is 0 Å². The first-order chi connectivity index (χ1) is 6.61. The molecule has 0 spiro atoms. The van der Waals surface area contributed by atoms with Crippen molar-refractivity contribution in [3.8, 4) is 0 Å². The summed E-state index contributed by atoms with van der Waals surface area (Å²) >= 11 is 0. The molecule has 82 valence electrons. The molecule has 0 radical (unpaired) electrons. The van der Waals surface area contributed by atoms with Crippen molar-refractivity contribution in [2.24, 2.45) is 0 Å². The summed E-state index contributed by atoms with van der Waals surface area (Å²) in [6.45, 7) is 7.73. The summed E-state index contributed by atoms with van der Waals surface area (Å²) in [7, 11) is 0. The van der Waals surface area contributed by atoms with Crippen LogP contribution >= 0.6 is 0 Å². The van der Waals surface area contributed by atoms with Crippen molar-refractivity contribution >= 4 is 0 Å². The van der Waals surface area contributed by atoms with E-state index in [4.69, 9.17) is 4.74 Å². The minimum absolute atomic E-state index is 0.198. The van der Waals surface area contributed by atoms with Crippen molar-refractivity contribution < 1.29 is 13.5 Å². The number of hydrogen-bond acceptors (Lipinski definition) is 2. The van der Waals surface area contributed by atoms with Crippen LogP contribution in [0.25, 0.3) is 0 Å². The van der Waals surface area contributed by atoms with Crippen LogP contribution in [0, 0.1) is 0 Å². The van der Waals surface area contributed by atoms with E-state index < -0.39 is 6.55 Å². The van der Waals surface area contributed by atoms with Gasteiger partial charge in [-0.1, -0.05) is 12.2 Å². The molecule has 2 nitrogen and oxygen atoms in total. The first-order valence-corrected chi connectivity index (χ1v) is 4.47. The number of nitrogens with zero attached hydrogens (tertiary/aromatic N) is 1. The van der Waals surface area contributed by atoms with Gasteiger partial charge in [0.1, 0.15) is 0 Å². The van der Waals surface area contributed by atoms with Gasteiger partial charge in [-0.15, -0.1) is 13.2 Å². The van der Waals surface area contributed by atoms with Crippen LogP contribution in [-0.2, 0) is 4.74 Å². The zero-order chi connectivity index (χ0) is 11.0. The van der Waals surface area contributed by atoms with Crippen LogP contribution in [0.3, 0.4) is 0 Å². The molecule has 1 unspecified atom stereocenters. The standard InChI is InChI=1S/C7H11F2N.C3H6O/c1-3-5-10(6-4-2)7(8)9;1-3-2-4-3/h3-4,7H,1-2,5-6H2;3H,2H2,1H3. The molecule has 0 bridgehead atoms. The Balaban J connectivity index is 0.000000344. The van der Waals surface area contributed by atoms with Gasteiger partial charge in [-0.2, -0.15) is 8.78 Å². The van der Waals surface area contributed by atoms with Crippen molar-refractivity contribution in [1.82, 2.24) is 4.90 Å². The first kappa shape index (κ1) is 13.3. The van der Waals surface area contributed by atoms with E-state index in [1.165, 1.54) is 12.2 Å². The topological polar surface area (TPSA) is 15.8 Å². The monoisotopic (exact) mass is 205 g/mol. The Bertz CT molecular complexity index is 160. The lowest BCUT2D eigenvalue weighted by Gasteiger charge is -2.16. The first-order valence-electron chi connectivity index (χ1n) is 4.47. The molecule has 0 N–H and O–H groups in total. The molecule has 1 fully saturated rings. The third kappa shape index (κ3) is 7.89. The Hall–Kier alpha value is -0.740. The Morgan fingerprint density at radius 3 is 1.93 bits per heavy atom. The molecule has 0 aliphatic carbocycles. The maximum Gasteiger partial charge on any atom is 0.295 e. The smallest absolute Gasteiger partial charge is 0.295 e. The molecular weight excluding hydrogens is 188 g/mol. The van der Waals surface area contributed by atoms with E-state index in [9.17, 15) is 8.78 Å². The number of alkyl halides is 2. The van der Waals surface area contributed by atoms with E-state index in [0.29, 0.717) is 6.10 Å². The molecule has 1 rings (SSSR count). The average molecular weight is 205 g/mol. The summed E-state index contributed by atoms with van der Waals surface area (Å²) < 4.78 is 28.5. The van der Waals surface area contributed by atoms with Crippen LogP contribution in [-0.4, -0.2) is 37.2 Å². The van der Waals surface area contributed by atoms with Gasteiger partial charge in [-0.05, 0) is 6.92 Å². The highest BCUT2D eigenvalue weighted by Gasteiger charge is 2.13. The van der Waals surface area contributed by atoms with Crippen LogP contribution < -0.4 is 0 Å². The number of rotatable bonds is 5. The van der Waals surface area contributed by atoms with Crippen LogP contribution in [0.1, 0.15) is 6.92 Å². The Kier molecular flexibility index (Phi) is 7.24. The van der Waals surface area contributed by atoms with Crippen molar-refractivity contribution in [1.29, 1.82) is 0 Å². The number of epoxide rings is 1. The lowest BCUT2D eigenvalue weighted by atomic mass is 10.5. The van der Waals surface area contributed by atoms with Crippen molar-refractivity contribution in [2.75, 3.05) is 19.7 Å².